The highest BCUT2D eigenvalue weighted by atomic mass is 19.4. The standard InChI is InChI=1S/C9H11F3N2/c1-8(2,3)6-4-5-13-7(14-6)9(10,11)12/h4-5H,1-3H3. The topological polar surface area (TPSA) is 25.8 Å². The lowest BCUT2D eigenvalue weighted by Crippen LogP contribution is -2.18. The lowest BCUT2D eigenvalue weighted by atomic mass is 9.92. The Bertz CT molecular complexity index is 296. The van der Waals surface area contributed by atoms with Crippen LogP contribution in [0.2, 0.25) is 0 Å². The molecule has 0 spiro atoms. The average molecular weight is 204 g/mol. The zero-order valence-corrected chi connectivity index (χ0v) is 8.18. The first kappa shape index (κ1) is 10.9. The van der Waals surface area contributed by atoms with Gasteiger partial charge in [0.1, 0.15) is 0 Å². The SMILES string of the molecule is CC(C)(C)c1ccnc(C(F)(F)F)n1. The molecule has 2 nitrogen and oxygen atoms in total. The summed E-state index contributed by atoms with van der Waals surface area (Å²) >= 11 is 0. The molecule has 0 N–H and O–H groups in total. The molecule has 1 heterocycles. The maximum absolute atomic E-state index is 12.2. The first-order valence-corrected chi connectivity index (χ1v) is 4.12. The number of nitrogens with zero attached hydrogens (tertiary/aromatic N) is 2. The quantitative estimate of drug-likeness (QED) is 0.649. The lowest BCUT2D eigenvalue weighted by Gasteiger charge is -2.18. The molecule has 0 amide bonds. The van der Waals surface area contributed by atoms with E-state index in [2.05, 4.69) is 9.97 Å². The summed E-state index contributed by atoms with van der Waals surface area (Å²) in [5.74, 6) is -1.08. The van der Waals surface area contributed by atoms with E-state index < -0.39 is 17.4 Å². The van der Waals surface area contributed by atoms with E-state index in [0.29, 0.717) is 5.69 Å². The number of alkyl halides is 3. The normalized spacial score (nSPS) is 13.0. The van der Waals surface area contributed by atoms with Crippen LogP contribution in [0.4, 0.5) is 13.2 Å². The van der Waals surface area contributed by atoms with Gasteiger partial charge >= 0.3 is 6.18 Å². The van der Waals surface area contributed by atoms with Crippen LogP contribution in [0.15, 0.2) is 12.3 Å². The van der Waals surface area contributed by atoms with Gasteiger partial charge in [0.2, 0.25) is 5.82 Å². The zero-order valence-electron chi connectivity index (χ0n) is 8.18. The van der Waals surface area contributed by atoms with Crippen LogP contribution in [0, 0.1) is 0 Å². The van der Waals surface area contributed by atoms with Gasteiger partial charge in [-0.05, 0) is 6.07 Å². The molecular weight excluding hydrogens is 193 g/mol. The second-order valence-corrected chi connectivity index (χ2v) is 4.01. The summed E-state index contributed by atoms with van der Waals surface area (Å²) in [6.07, 6.45) is -3.34. The van der Waals surface area contributed by atoms with Crippen LogP contribution in [0.25, 0.3) is 0 Å². The third-order valence-corrected chi connectivity index (χ3v) is 1.68. The molecule has 0 fully saturated rings. The van der Waals surface area contributed by atoms with E-state index in [1.165, 1.54) is 6.07 Å². The third-order valence-electron chi connectivity index (χ3n) is 1.68. The number of hydrogen-bond acceptors (Lipinski definition) is 2. The van der Waals surface area contributed by atoms with Crippen molar-refractivity contribution in [1.29, 1.82) is 0 Å². The first-order chi connectivity index (χ1) is 6.21. The molecule has 78 valence electrons. The van der Waals surface area contributed by atoms with Gasteiger partial charge in [0.15, 0.2) is 0 Å². The highest BCUT2D eigenvalue weighted by molar-refractivity contribution is 5.13. The highest BCUT2D eigenvalue weighted by Crippen LogP contribution is 2.28. The zero-order chi connectivity index (χ0) is 11.0. The number of rotatable bonds is 0. The van der Waals surface area contributed by atoms with Gasteiger partial charge in [-0.1, -0.05) is 20.8 Å². The lowest BCUT2D eigenvalue weighted by molar-refractivity contribution is -0.145. The van der Waals surface area contributed by atoms with Crippen LogP contribution >= 0.6 is 0 Å². The summed E-state index contributed by atoms with van der Waals surface area (Å²) in [4.78, 5) is 6.67. The van der Waals surface area contributed by atoms with E-state index in [1.807, 2.05) is 0 Å². The van der Waals surface area contributed by atoms with Gasteiger partial charge < -0.3 is 0 Å². The second kappa shape index (κ2) is 3.22. The fourth-order valence-electron chi connectivity index (χ4n) is 0.913. The van der Waals surface area contributed by atoms with Crippen molar-refractivity contribution in [2.75, 3.05) is 0 Å². The maximum atomic E-state index is 12.2. The van der Waals surface area contributed by atoms with E-state index in [-0.39, 0.29) is 0 Å². The summed E-state index contributed by atoms with van der Waals surface area (Å²) in [6.45, 7) is 5.40. The first-order valence-electron chi connectivity index (χ1n) is 4.12. The molecule has 0 aliphatic rings. The molecule has 0 saturated heterocycles. The minimum atomic E-state index is -4.47. The summed E-state index contributed by atoms with van der Waals surface area (Å²) in [5, 5.41) is 0. The average Bonchev–Trinajstić information content (AvgIpc) is 2.01. The monoisotopic (exact) mass is 204 g/mol. The Hall–Kier alpha value is -1.13. The van der Waals surface area contributed by atoms with Crippen molar-refractivity contribution < 1.29 is 13.2 Å². The van der Waals surface area contributed by atoms with Crippen LogP contribution in [-0.2, 0) is 11.6 Å². The molecule has 0 radical (unpaired) electrons. The molecule has 14 heavy (non-hydrogen) atoms. The van der Waals surface area contributed by atoms with Crippen molar-refractivity contribution in [2.24, 2.45) is 0 Å². The van der Waals surface area contributed by atoms with Crippen LogP contribution in [0.1, 0.15) is 32.3 Å². The number of halogens is 3. The number of aromatic nitrogens is 2. The van der Waals surface area contributed by atoms with Gasteiger partial charge in [0.25, 0.3) is 0 Å². The molecule has 1 aromatic heterocycles. The molecule has 0 aliphatic carbocycles. The van der Waals surface area contributed by atoms with Crippen LogP contribution in [-0.4, -0.2) is 9.97 Å². The molecule has 0 saturated carbocycles. The van der Waals surface area contributed by atoms with E-state index in [4.69, 9.17) is 0 Å². The number of hydrogen-bond donors (Lipinski definition) is 0. The molecule has 0 atom stereocenters. The van der Waals surface area contributed by atoms with Crippen LogP contribution in [0.5, 0.6) is 0 Å². The van der Waals surface area contributed by atoms with Gasteiger partial charge in [-0.15, -0.1) is 0 Å². The molecule has 1 aromatic rings. The minimum Gasteiger partial charge on any atom is -0.233 e. The molecule has 0 unspecified atom stereocenters. The molecule has 0 aliphatic heterocycles. The predicted octanol–water partition coefficient (Wildman–Crippen LogP) is 2.79. The Balaban J connectivity index is 3.15. The second-order valence-electron chi connectivity index (χ2n) is 4.01. The van der Waals surface area contributed by atoms with E-state index in [1.54, 1.807) is 20.8 Å². The fraction of sp³-hybridized carbons (Fsp3) is 0.556. The Kier molecular flexibility index (Phi) is 2.52. The van der Waals surface area contributed by atoms with Gasteiger partial charge in [-0.3, -0.25) is 0 Å². The van der Waals surface area contributed by atoms with Crippen LogP contribution < -0.4 is 0 Å². The van der Waals surface area contributed by atoms with Gasteiger partial charge in [-0.25, -0.2) is 9.97 Å². The Labute approximate surface area is 80.2 Å². The summed E-state index contributed by atoms with van der Waals surface area (Å²) in [5.41, 5.74) is -0.0111. The predicted molar refractivity (Wildman–Crippen MR) is 45.7 cm³/mol. The van der Waals surface area contributed by atoms with Crippen molar-refractivity contribution >= 4 is 0 Å². The summed E-state index contributed by atoms with van der Waals surface area (Å²) in [6, 6.07) is 1.50. The summed E-state index contributed by atoms with van der Waals surface area (Å²) < 4.78 is 36.7. The van der Waals surface area contributed by atoms with Crippen LogP contribution in [0.3, 0.4) is 0 Å². The Morgan fingerprint density at radius 3 is 2.14 bits per heavy atom. The summed E-state index contributed by atoms with van der Waals surface area (Å²) in [7, 11) is 0. The Morgan fingerprint density at radius 2 is 1.71 bits per heavy atom. The van der Waals surface area contributed by atoms with Gasteiger partial charge in [-0.2, -0.15) is 13.2 Å². The molecule has 5 heteroatoms. The van der Waals surface area contributed by atoms with Crippen molar-refractivity contribution in [1.82, 2.24) is 9.97 Å². The minimum absolute atomic E-state index is 0.389. The van der Waals surface area contributed by atoms with E-state index in [0.717, 1.165) is 6.20 Å². The van der Waals surface area contributed by atoms with E-state index >= 15 is 0 Å². The van der Waals surface area contributed by atoms with Crippen molar-refractivity contribution in [3.05, 3.63) is 23.8 Å². The molecule has 0 bridgehead atoms. The van der Waals surface area contributed by atoms with Gasteiger partial charge in [0, 0.05) is 17.3 Å². The Morgan fingerprint density at radius 1 is 1.14 bits per heavy atom. The maximum Gasteiger partial charge on any atom is 0.451 e. The highest BCUT2D eigenvalue weighted by Gasteiger charge is 2.35. The van der Waals surface area contributed by atoms with E-state index in [9.17, 15) is 13.2 Å². The molecule has 1 rings (SSSR count). The van der Waals surface area contributed by atoms with Crippen molar-refractivity contribution in [3.8, 4) is 0 Å². The van der Waals surface area contributed by atoms with Crippen molar-refractivity contribution in [3.63, 3.8) is 0 Å². The fourth-order valence-corrected chi connectivity index (χ4v) is 0.913. The largest absolute Gasteiger partial charge is 0.451 e. The molecule has 0 aromatic carbocycles. The molecular formula is C9H11F3N2. The third kappa shape index (κ3) is 2.43. The smallest absolute Gasteiger partial charge is 0.233 e. The van der Waals surface area contributed by atoms with Crippen molar-refractivity contribution in [2.45, 2.75) is 32.4 Å². The van der Waals surface area contributed by atoms with Gasteiger partial charge in [0.05, 0.1) is 0 Å².